The van der Waals surface area contributed by atoms with E-state index in [-0.39, 0.29) is 5.75 Å². The summed E-state index contributed by atoms with van der Waals surface area (Å²) in [6.45, 7) is 10.6. The minimum atomic E-state index is -3.11. The van der Waals surface area contributed by atoms with E-state index in [0.29, 0.717) is 12.6 Å². The van der Waals surface area contributed by atoms with Crippen LogP contribution >= 0.6 is 0 Å². The van der Waals surface area contributed by atoms with E-state index < -0.39 is 14.6 Å². The fourth-order valence-electron chi connectivity index (χ4n) is 2.50. The number of aliphatic imine (C=N–C) groups is 1. The third kappa shape index (κ3) is 6.15. The van der Waals surface area contributed by atoms with Crippen LogP contribution in [0.2, 0.25) is 0 Å². The van der Waals surface area contributed by atoms with Gasteiger partial charge < -0.3 is 10.6 Å². The summed E-state index contributed by atoms with van der Waals surface area (Å²) in [6.07, 6.45) is 4.81. The lowest BCUT2D eigenvalue weighted by atomic mass is 9.87. The number of hydrogen-bond donors (Lipinski definition) is 2. The van der Waals surface area contributed by atoms with E-state index >= 15 is 0 Å². The van der Waals surface area contributed by atoms with E-state index in [2.05, 4.69) is 22.5 Å². The molecule has 1 aliphatic rings. The van der Waals surface area contributed by atoms with Gasteiger partial charge in [0.1, 0.15) is 0 Å². The molecule has 22 heavy (non-hydrogen) atoms. The van der Waals surface area contributed by atoms with Gasteiger partial charge in [0.25, 0.3) is 0 Å². The van der Waals surface area contributed by atoms with Gasteiger partial charge in [0.2, 0.25) is 0 Å². The molecule has 130 valence electrons. The molecular weight excluding hydrogens is 298 g/mol. The van der Waals surface area contributed by atoms with Crippen molar-refractivity contribution in [3.8, 4) is 0 Å². The molecule has 0 aromatic carbocycles. The Morgan fingerprint density at radius 3 is 2.27 bits per heavy atom. The average Bonchev–Trinajstić information content (AvgIpc) is 2.40. The number of sulfone groups is 1. The van der Waals surface area contributed by atoms with E-state index in [0.717, 1.165) is 31.3 Å². The Morgan fingerprint density at radius 2 is 1.77 bits per heavy atom. The molecule has 0 aliphatic heterocycles. The van der Waals surface area contributed by atoms with Crippen LogP contribution in [0.25, 0.3) is 0 Å². The molecular formula is C16H33N3O2S. The van der Waals surface area contributed by atoms with Crippen molar-refractivity contribution in [2.75, 3.05) is 18.8 Å². The van der Waals surface area contributed by atoms with Crippen LogP contribution in [0.1, 0.15) is 60.3 Å². The Bertz CT molecular complexity index is 458. The van der Waals surface area contributed by atoms with Crippen molar-refractivity contribution in [1.82, 2.24) is 10.6 Å². The quantitative estimate of drug-likeness (QED) is 0.599. The Hall–Kier alpha value is -0.780. The molecule has 0 aromatic rings. The van der Waals surface area contributed by atoms with Gasteiger partial charge in [0, 0.05) is 12.6 Å². The first kappa shape index (κ1) is 19.3. The van der Waals surface area contributed by atoms with Crippen LogP contribution in [0, 0.1) is 5.92 Å². The molecule has 0 unspecified atom stereocenters. The van der Waals surface area contributed by atoms with Crippen molar-refractivity contribution < 1.29 is 8.42 Å². The first-order valence-electron chi connectivity index (χ1n) is 8.43. The van der Waals surface area contributed by atoms with Crippen molar-refractivity contribution in [1.29, 1.82) is 0 Å². The van der Waals surface area contributed by atoms with Gasteiger partial charge in [-0.15, -0.1) is 0 Å². The summed E-state index contributed by atoms with van der Waals surface area (Å²) >= 11 is 0. The highest BCUT2D eigenvalue weighted by atomic mass is 32.2. The summed E-state index contributed by atoms with van der Waals surface area (Å²) in [5.74, 6) is 1.65. The monoisotopic (exact) mass is 331 g/mol. The molecule has 0 amide bonds. The topological polar surface area (TPSA) is 70.6 Å². The van der Waals surface area contributed by atoms with Crippen LogP contribution < -0.4 is 10.6 Å². The SMILES string of the molecule is CCNC(=NCCS(=O)(=O)C(C)(C)C)NC1CCC(C)CC1. The zero-order valence-corrected chi connectivity index (χ0v) is 15.6. The lowest BCUT2D eigenvalue weighted by Crippen LogP contribution is -2.45. The Labute approximate surface area is 136 Å². The first-order chi connectivity index (χ1) is 10.2. The summed E-state index contributed by atoms with van der Waals surface area (Å²) in [6, 6.07) is 0.452. The van der Waals surface area contributed by atoms with Crippen LogP contribution in [0.4, 0.5) is 0 Å². The predicted molar refractivity (Wildman–Crippen MR) is 94.1 cm³/mol. The first-order valence-corrected chi connectivity index (χ1v) is 10.1. The maximum Gasteiger partial charge on any atom is 0.191 e. The van der Waals surface area contributed by atoms with E-state index in [1.807, 2.05) is 6.92 Å². The highest BCUT2D eigenvalue weighted by Crippen LogP contribution is 2.23. The summed E-state index contributed by atoms with van der Waals surface area (Å²) in [7, 11) is -3.11. The summed E-state index contributed by atoms with van der Waals surface area (Å²) in [5.41, 5.74) is 0. The van der Waals surface area contributed by atoms with E-state index in [1.54, 1.807) is 20.8 Å². The Balaban J connectivity index is 2.55. The zero-order valence-electron chi connectivity index (χ0n) is 14.8. The standard InChI is InChI=1S/C16H33N3O2S/c1-6-17-15(19-14-9-7-13(2)8-10-14)18-11-12-22(20,21)16(3,4)5/h13-14H,6-12H2,1-5H3,(H2,17,18,19). The van der Waals surface area contributed by atoms with Crippen LogP contribution in [0.15, 0.2) is 4.99 Å². The van der Waals surface area contributed by atoms with Crippen molar-refractivity contribution in [2.24, 2.45) is 10.9 Å². The maximum atomic E-state index is 12.1. The summed E-state index contributed by atoms with van der Waals surface area (Å²) in [5, 5.41) is 6.66. The third-order valence-electron chi connectivity index (χ3n) is 4.26. The molecule has 0 aromatic heterocycles. The van der Waals surface area contributed by atoms with Gasteiger partial charge in [-0.05, 0) is 59.3 Å². The van der Waals surface area contributed by atoms with E-state index in [9.17, 15) is 8.42 Å². The zero-order chi connectivity index (χ0) is 16.8. The molecule has 0 bridgehead atoms. The highest BCUT2D eigenvalue weighted by Gasteiger charge is 2.28. The van der Waals surface area contributed by atoms with Crippen molar-refractivity contribution >= 4 is 15.8 Å². The number of nitrogens with zero attached hydrogens (tertiary/aromatic N) is 1. The summed E-state index contributed by atoms with van der Waals surface area (Å²) < 4.78 is 23.5. The molecule has 0 saturated heterocycles. The maximum absolute atomic E-state index is 12.1. The van der Waals surface area contributed by atoms with Gasteiger partial charge in [-0.1, -0.05) is 6.92 Å². The fraction of sp³-hybridized carbons (Fsp3) is 0.938. The minimum absolute atomic E-state index is 0.0920. The molecule has 1 rings (SSSR count). The second-order valence-corrected chi connectivity index (χ2v) is 10.2. The molecule has 6 heteroatoms. The molecule has 0 atom stereocenters. The highest BCUT2D eigenvalue weighted by molar-refractivity contribution is 7.92. The van der Waals surface area contributed by atoms with Crippen molar-refractivity contribution in [3.63, 3.8) is 0 Å². The minimum Gasteiger partial charge on any atom is -0.357 e. The van der Waals surface area contributed by atoms with Crippen LogP contribution in [0.5, 0.6) is 0 Å². The molecule has 2 N–H and O–H groups in total. The number of rotatable bonds is 5. The van der Waals surface area contributed by atoms with E-state index in [1.165, 1.54) is 12.8 Å². The van der Waals surface area contributed by atoms with Gasteiger partial charge in [-0.3, -0.25) is 4.99 Å². The van der Waals surface area contributed by atoms with Crippen LogP contribution in [-0.2, 0) is 9.84 Å². The number of nitrogens with one attached hydrogen (secondary N) is 2. The van der Waals surface area contributed by atoms with Gasteiger partial charge in [0.15, 0.2) is 15.8 Å². The normalized spacial score (nSPS) is 24.1. The Kier molecular flexibility index (Phi) is 7.16. The molecule has 0 radical (unpaired) electrons. The van der Waals surface area contributed by atoms with Gasteiger partial charge >= 0.3 is 0 Å². The molecule has 5 nitrogen and oxygen atoms in total. The lowest BCUT2D eigenvalue weighted by molar-refractivity contribution is 0.329. The lowest BCUT2D eigenvalue weighted by Gasteiger charge is -2.28. The van der Waals surface area contributed by atoms with Gasteiger partial charge in [-0.25, -0.2) is 8.42 Å². The predicted octanol–water partition coefficient (Wildman–Crippen LogP) is 2.33. The second-order valence-electron chi connectivity index (χ2n) is 7.29. The second kappa shape index (κ2) is 8.18. The van der Waals surface area contributed by atoms with E-state index in [4.69, 9.17) is 0 Å². The molecule has 0 heterocycles. The van der Waals surface area contributed by atoms with Crippen LogP contribution in [0.3, 0.4) is 0 Å². The fourth-order valence-corrected chi connectivity index (χ4v) is 3.45. The summed E-state index contributed by atoms with van der Waals surface area (Å²) in [4.78, 5) is 4.44. The third-order valence-corrected chi connectivity index (χ3v) is 6.85. The molecule has 1 aliphatic carbocycles. The number of hydrogen-bond acceptors (Lipinski definition) is 3. The average molecular weight is 332 g/mol. The van der Waals surface area contributed by atoms with Crippen molar-refractivity contribution in [2.45, 2.75) is 71.1 Å². The van der Waals surface area contributed by atoms with Crippen molar-refractivity contribution in [3.05, 3.63) is 0 Å². The smallest absolute Gasteiger partial charge is 0.191 e. The largest absolute Gasteiger partial charge is 0.357 e. The number of guanidine groups is 1. The molecule has 0 spiro atoms. The van der Waals surface area contributed by atoms with Crippen LogP contribution in [-0.4, -0.2) is 44.0 Å². The molecule has 1 saturated carbocycles. The van der Waals surface area contributed by atoms with Gasteiger partial charge in [-0.2, -0.15) is 0 Å². The van der Waals surface area contributed by atoms with Gasteiger partial charge in [0.05, 0.1) is 17.0 Å². The Morgan fingerprint density at radius 1 is 1.18 bits per heavy atom. The molecule has 1 fully saturated rings.